The van der Waals surface area contributed by atoms with Crippen molar-refractivity contribution in [2.45, 2.75) is 13.0 Å². The fourth-order valence-electron chi connectivity index (χ4n) is 1.81. The summed E-state index contributed by atoms with van der Waals surface area (Å²) in [4.78, 5) is 11.8. The van der Waals surface area contributed by atoms with E-state index in [1.165, 1.54) is 12.1 Å². The highest BCUT2D eigenvalue weighted by Gasteiger charge is 2.10. The highest BCUT2D eigenvalue weighted by Crippen LogP contribution is 2.15. The van der Waals surface area contributed by atoms with Crippen molar-refractivity contribution in [1.29, 1.82) is 0 Å². The fraction of sp³-hybridized carbons (Fsp3) is 0.188. The number of rotatable bonds is 5. The van der Waals surface area contributed by atoms with Crippen LogP contribution in [0.15, 0.2) is 54.6 Å². The summed E-state index contributed by atoms with van der Waals surface area (Å²) in [6.07, 6.45) is 0. The van der Waals surface area contributed by atoms with Gasteiger partial charge in [0, 0.05) is 0 Å². The van der Waals surface area contributed by atoms with Gasteiger partial charge in [0.2, 0.25) is 0 Å². The van der Waals surface area contributed by atoms with E-state index in [9.17, 15) is 9.18 Å². The van der Waals surface area contributed by atoms with Crippen molar-refractivity contribution in [3.05, 3.63) is 66.0 Å². The zero-order valence-corrected chi connectivity index (χ0v) is 11.2. The van der Waals surface area contributed by atoms with E-state index in [1.54, 1.807) is 12.1 Å². The van der Waals surface area contributed by atoms with Gasteiger partial charge in [-0.1, -0.05) is 42.5 Å². The number of hydrogen-bond donors (Lipinski definition) is 1. The molecule has 3 nitrogen and oxygen atoms in total. The molecule has 0 bridgehead atoms. The summed E-state index contributed by atoms with van der Waals surface area (Å²) in [5.74, 6) is -0.684. The Morgan fingerprint density at radius 2 is 1.80 bits per heavy atom. The Balaban J connectivity index is 1.86. The molecule has 2 aromatic carbocycles. The molecule has 2 rings (SSSR count). The zero-order chi connectivity index (χ0) is 14.4. The molecule has 0 fully saturated rings. The Kier molecular flexibility index (Phi) is 4.71. The Morgan fingerprint density at radius 3 is 2.50 bits per heavy atom. The molecule has 1 N–H and O–H groups in total. The van der Waals surface area contributed by atoms with Gasteiger partial charge in [-0.15, -0.1) is 0 Å². The van der Waals surface area contributed by atoms with Crippen LogP contribution in [0, 0.1) is 5.82 Å². The Bertz CT molecular complexity index is 572. The topological polar surface area (TPSA) is 38.3 Å². The normalized spacial score (nSPS) is 11.7. The summed E-state index contributed by atoms with van der Waals surface area (Å²) in [6.45, 7) is 1.68. The number of benzene rings is 2. The van der Waals surface area contributed by atoms with Gasteiger partial charge in [0.15, 0.2) is 18.2 Å². The largest absolute Gasteiger partial charge is 0.481 e. The molecule has 0 aromatic heterocycles. The van der Waals surface area contributed by atoms with Crippen LogP contribution in [0.4, 0.5) is 4.39 Å². The predicted octanol–water partition coefficient (Wildman–Crippen LogP) is 3.08. The molecule has 1 atom stereocenters. The van der Waals surface area contributed by atoms with Gasteiger partial charge in [0.05, 0.1) is 6.04 Å². The van der Waals surface area contributed by atoms with E-state index in [-0.39, 0.29) is 24.3 Å². The van der Waals surface area contributed by atoms with Crippen molar-refractivity contribution in [2.24, 2.45) is 0 Å². The van der Waals surface area contributed by atoms with Crippen LogP contribution in [0.1, 0.15) is 18.5 Å². The number of para-hydroxylation sites is 1. The van der Waals surface area contributed by atoms with Crippen LogP contribution < -0.4 is 10.1 Å². The highest BCUT2D eigenvalue weighted by atomic mass is 19.1. The first-order valence-corrected chi connectivity index (χ1v) is 6.38. The van der Waals surface area contributed by atoms with Crippen LogP contribution in [0.25, 0.3) is 0 Å². The minimum absolute atomic E-state index is 0.0787. The first-order valence-electron chi connectivity index (χ1n) is 6.38. The highest BCUT2D eigenvalue weighted by molar-refractivity contribution is 5.78. The molecular formula is C16H16FNO2. The monoisotopic (exact) mass is 273 g/mol. The molecule has 2 aromatic rings. The first kappa shape index (κ1) is 14.1. The molecular weight excluding hydrogens is 257 g/mol. The summed E-state index contributed by atoms with van der Waals surface area (Å²) >= 11 is 0. The second-order valence-electron chi connectivity index (χ2n) is 4.42. The van der Waals surface area contributed by atoms with E-state index in [2.05, 4.69) is 5.32 Å². The second kappa shape index (κ2) is 6.70. The third-order valence-corrected chi connectivity index (χ3v) is 2.87. The zero-order valence-electron chi connectivity index (χ0n) is 11.2. The number of hydrogen-bond acceptors (Lipinski definition) is 2. The maximum Gasteiger partial charge on any atom is 0.258 e. The van der Waals surface area contributed by atoms with Crippen molar-refractivity contribution >= 4 is 5.91 Å². The van der Waals surface area contributed by atoms with Gasteiger partial charge in [-0.05, 0) is 24.6 Å². The molecule has 104 valence electrons. The average Bonchev–Trinajstić information content (AvgIpc) is 2.47. The Hall–Kier alpha value is -2.36. The number of nitrogens with one attached hydrogen (secondary N) is 1. The number of carbonyl (C=O) groups is 1. The van der Waals surface area contributed by atoms with E-state index >= 15 is 0 Å². The molecule has 0 unspecified atom stereocenters. The van der Waals surface area contributed by atoms with E-state index in [1.807, 2.05) is 37.3 Å². The van der Waals surface area contributed by atoms with Crippen molar-refractivity contribution in [2.75, 3.05) is 6.61 Å². The Morgan fingerprint density at radius 1 is 1.15 bits per heavy atom. The standard InChI is InChI=1S/C16H16FNO2/c1-12(13-7-3-2-4-8-13)18-16(19)11-20-15-10-6-5-9-14(15)17/h2-10,12H,11H2,1H3,(H,18,19)/t12-/m0/s1. The molecule has 0 aliphatic heterocycles. The number of carbonyl (C=O) groups excluding carboxylic acids is 1. The molecule has 4 heteroatoms. The third kappa shape index (κ3) is 3.82. The van der Waals surface area contributed by atoms with Gasteiger partial charge in [-0.25, -0.2) is 4.39 Å². The van der Waals surface area contributed by atoms with Crippen molar-refractivity contribution in [3.8, 4) is 5.75 Å². The molecule has 0 radical (unpaired) electrons. The fourth-order valence-corrected chi connectivity index (χ4v) is 1.81. The third-order valence-electron chi connectivity index (χ3n) is 2.87. The molecule has 0 saturated carbocycles. The van der Waals surface area contributed by atoms with Gasteiger partial charge >= 0.3 is 0 Å². The van der Waals surface area contributed by atoms with Crippen LogP contribution in [0.5, 0.6) is 5.75 Å². The first-order chi connectivity index (χ1) is 9.66. The van der Waals surface area contributed by atoms with Crippen LogP contribution >= 0.6 is 0 Å². The number of amides is 1. The number of ether oxygens (including phenoxy) is 1. The second-order valence-corrected chi connectivity index (χ2v) is 4.42. The summed E-state index contributed by atoms with van der Waals surface area (Å²) in [7, 11) is 0. The van der Waals surface area contributed by atoms with Gasteiger partial charge in [0.1, 0.15) is 0 Å². The minimum Gasteiger partial charge on any atom is -0.481 e. The number of halogens is 1. The van der Waals surface area contributed by atoms with Crippen LogP contribution in [-0.2, 0) is 4.79 Å². The van der Waals surface area contributed by atoms with Gasteiger partial charge < -0.3 is 10.1 Å². The maximum absolute atomic E-state index is 13.3. The van der Waals surface area contributed by atoms with Gasteiger partial charge in [-0.2, -0.15) is 0 Å². The van der Waals surface area contributed by atoms with Crippen molar-refractivity contribution < 1.29 is 13.9 Å². The smallest absolute Gasteiger partial charge is 0.258 e. The Labute approximate surface area is 117 Å². The van der Waals surface area contributed by atoms with Gasteiger partial charge in [0.25, 0.3) is 5.91 Å². The summed E-state index contributed by atoms with van der Waals surface area (Å²) in [5, 5.41) is 2.80. The van der Waals surface area contributed by atoms with Crippen molar-refractivity contribution in [3.63, 3.8) is 0 Å². The molecule has 0 spiro atoms. The molecule has 0 heterocycles. The SMILES string of the molecule is C[C@H](NC(=O)COc1ccccc1F)c1ccccc1. The quantitative estimate of drug-likeness (QED) is 0.909. The van der Waals surface area contributed by atoms with E-state index in [4.69, 9.17) is 4.74 Å². The van der Waals surface area contributed by atoms with E-state index in [0.717, 1.165) is 5.56 Å². The summed E-state index contributed by atoms with van der Waals surface area (Å²) < 4.78 is 18.5. The molecule has 0 saturated heterocycles. The van der Waals surface area contributed by atoms with E-state index in [0.29, 0.717) is 0 Å². The molecule has 20 heavy (non-hydrogen) atoms. The van der Waals surface area contributed by atoms with Crippen LogP contribution in [-0.4, -0.2) is 12.5 Å². The summed E-state index contributed by atoms with van der Waals surface area (Å²) in [5.41, 5.74) is 1.01. The molecule has 1 amide bonds. The van der Waals surface area contributed by atoms with Gasteiger partial charge in [-0.3, -0.25) is 4.79 Å². The minimum atomic E-state index is -0.476. The van der Waals surface area contributed by atoms with E-state index < -0.39 is 5.82 Å². The lowest BCUT2D eigenvalue weighted by atomic mass is 10.1. The lowest BCUT2D eigenvalue weighted by Crippen LogP contribution is -2.31. The molecule has 0 aliphatic rings. The van der Waals surface area contributed by atoms with Crippen molar-refractivity contribution in [1.82, 2.24) is 5.32 Å². The van der Waals surface area contributed by atoms with Crippen LogP contribution in [0.2, 0.25) is 0 Å². The van der Waals surface area contributed by atoms with Crippen LogP contribution in [0.3, 0.4) is 0 Å². The maximum atomic E-state index is 13.3. The predicted molar refractivity (Wildman–Crippen MR) is 74.9 cm³/mol. The average molecular weight is 273 g/mol. The summed E-state index contributed by atoms with van der Waals surface area (Å²) in [6, 6.07) is 15.5. The molecule has 0 aliphatic carbocycles. The lowest BCUT2D eigenvalue weighted by molar-refractivity contribution is -0.123. The lowest BCUT2D eigenvalue weighted by Gasteiger charge is -2.14.